The SMILES string of the molecule is CN(C)/C=C1\CN(OC(=O)C(C)(C)C)CC1=O. The standard InChI is InChI=1S/C12H20N2O3/c1-12(2,3)11(16)17-14-7-9(6-13(4)5)10(15)8-14/h6H,7-8H2,1-5H3/b9-6+. The minimum absolute atomic E-state index is 0.000379. The van der Waals surface area contributed by atoms with E-state index in [2.05, 4.69) is 0 Å². The Balaban J connectivity index is 2.62. The van der Waals surface area contributed by atoms with Crippen LogP contribution in [0.3, 0.4) is 0 Å². The highest BCUT2D eigenvalue weighted by molar-refractivity contribution is 5.99. The topological polar surface area (TPSA) is 49.9 Å². The molecule has 0 spiro atoms. The Morgan fingerprint density at radius 3 is 2.41 bits per heavy atom. The van der Waals surface area contributed by atoms with E-state index in [1.54, 1.807) is 27.0 Å². The van der Waals surface area contributed by atoms with Gasteiger partial charge in [0.2, 0.25) is 0 Å². The largest absolute Gasteiger partial charge is 0.383 e. The molecule has 5 heteroatoms. The number of ketones is 1. The van der Waals surface area contributed by atoms with Gasteiger partial charge in [0.1, 0.15) is 0 Å². The Kier molecular flexibility index (Phi) is 3.93. The highest BCUT2D eigenvalue weighted by Gasteiger charge is 2.32. The van der Waals surface area contributed by atoms with Crippen LogP contribution in [0.25, 0.3) is 0 Å². The lowest BCUT2D eigenvalue weighted by atomic mass is 9.98. The fourth-order valence-electron chi connectivity index (χ4n) is 1.34. The van der Waals surface area contributed by atoms with Gasteiger partial charge >= 0.3 is 5.97 Å². The number of nitrogens with zero attached hydrogens (tertiary/aromatic N) is 2. The van der Waals surface area contributed by atoms with Crippen LogP contribution in [0, 0.1) is 5.41 Å². The third-order valence-corrected chi connectivity index (χ3v) is 2.26. The van der Waals surface area contributed by atoms with Crippen molar-refractivity contribution in [3.63, 3.8) is 0 Å². The molecule has 1 aliphatic heterocycles. The molecule has 0 unspecified atom stereocenters. The van der Waals surface area contributed by atoms with Gasteiger partial charge in [-0.1, -0.05) is 0 Å². The maximum atomic E-state index is 11.7. The van der Waals surface area contributed by atoms with Crippen molar-refractivity contribution in [2.75, 3.05) is 27.2 Å². The van der Waals surface area contributed by atoms with E-state index < -0.39 is 5.41 Å². The highest BCUT2D eigenvalue weighted by atomic mass is 16.7. The van der Waals surface area contributed by atoms with Crippen LogP contribution in [0.5, 0.6) is 0 Å². The van der Waals surface area contributed by atoms with Crippen molar-refractivity contribution < 1.29 is 14.4 Å². The van der Waals surface area contributed by atoms with E-state index >= 15 is 0 Å². The smallest absolute Gasteiger partial charge is 0.330 e. The van der Waals surface area contributed by atoms with Crippen molar-refractivity contribution >= 4 is 11.8 Å². The molecule has 1 saturated heterocycles. The summed E-state index contributed by atoms with van der Waals surface area (Å²) < 4.78 is 0. The van der Waals surface area contributed by atoms with Crippen molar-refractivity contribution in [2.24, 2.45) is 5.41 Å². The number of carbonyl (C=O) groups excluding carboxylic acids is 2. The number of carbonyl (C=O) groups is 2. The summed E-state index contributed by atoms with van der Waals surface area (Å²) in [5.41, 5.74) is 0.105. The van der Waals surface area contributed by atoms with E-state index in [0.717, 1.165) is 0 Å². The van der Waals surface area contributed by atoms with Gasteiger partial charge in [0.25, 0.3) is 0 Å². The molecular weight excluding hydrogens is 220 g/mol. The van der Waals surface area contributed by atoms with Crippen LogP contribution in [-0.2, 0) is 14.4 Å². The van der Waals surface area contributed by atoms with Gasteiger partial charge in [0.05, 0.1) is 18.5 Å². The maximum absolute atomic E-state index is 11.7. The Morgan fingerprint density at radius 1 is 1.35 bits per heavy atom. The molecular formula is C12H20N2O3. The van der Waals surface area contributed by atoms with Crippen molar-refractivity contribution in [2.45, 2.75) is 20.8 Å². The third kappa shape index (κ3) is 3.85. The van der Waals surface area contributed by atoms with Gasteiger partial charge in [0.15, 0.2) is 5.78 Å². The second-order valence-electron chi connectivity index (χ2n) is 5.47. The Labute approximate surface area is 102 Å². The molecule has 0 radical (unpaired) electrons. The summed E-state index contributed by atoms with van der Waals surface area (Å²) in [6, 6.07) is 0. The van der Waals surface area contributed by atoms with E-state index in [4.69, 9.17) is 4.84 Å². The molecule has 0 aromatic carbocycles. The molecule has 0 aliphatic carbocycles. The predicted molar refractivity (Wildman–Crippen MR) is 63.9 cm³/mol. The van der Waals surface area contributed by atoms with Crippen molar-refractivity contribution in [3.8, 4) is 0 Å². The second-order valence-corrected chi connectivity index (χ2v) is 5.47. The molecule has 0 bridgehead atoms. The number of hydrogen-bond donors (Lipinski definition) is 0. The van der Waals surface area contributed by atoms with Gasteiger partial charge in [0, 0.05) is 25.9 Å². The third-order valence-electron chi connectivity index (χ3n) is 2.26. The Morgan fingerprint density at radius 2 is 1.94 bits per heavy atom. The first-order chi connectivity index (χ1) is 7.70. The van der Waals surface area contributed by atoms with Gasteiger partial charge in [-0.3, -0.25) is 4.79 Å². The second kappa shape index (κ2) is 4.87. The van der Waals surface area contributed by atoms with Gasteiger partial charge in [-0.05, 0) is 20.8 Å². The summed E-state index contributed by atoms with van der Waals surface area (Å²) in [7, 11) is 3.70. The minimum Gasteiger partial charge on any atom is -0.383 e. The lowest BCUT2D eigenvalue weighted by molar-refractivity contribution is -0.194. The summed E-state index contributed by atoms with van der Waals surface area (Å²) in [4.78, 5) is 30.3. The van der Waals surface area contributed by atoms with Gasteiger partial charge in [-0.25, -0.2) is 4.79 Å². The first-order valence-electron chi connectivity index (χ1n) is 5.58. The fraction of sp³-hybridized carbons (Fsp3) is 0.667. The molecule has 0 aromatic rings. The Hall–Kier alpha value is -1.36. The average Bonchev–Trinajstić information content (AvgIpc) is 2.44. The van der Waals surface area contributed by atoms with E-state index in [9.17, 15) is 9.59 Å². The van der Waals surface area contributed by atoms with E-state index in [1.165, 1.54) is 5.06 Å². The van der Waals surface area contributed by atoms with E-state index in [-0.39, 0.29) is 18.3 Å². The lowest BCUT2D eigenvalue weighted by Crippen LogP contribution is -2.32. The first kappa shape index (κ1) is 13.7. The normalized spacial score (nSPS) is 19.8. The van der Waals surface area contributed by atoms with Crippen LogP contribution in [0.2, 0.25) is 0 Å². The van der Waals surface area contributed by atoms with E-state index in [0.29, 0.717) is 12.1 Å². The molecule has 96 valence electrons. The predicted octanol–water partition coefficient (Wildman–Crippen LogP) is 0.821. The minimum atomic E-state index is -0.558. The van der Waals surface area contributed by atoms with Crippen LogP contribution in [0.4, 0.5) is 0 Å². The zero-order valence-corrected chi connectivity index (χ0v) is 11.1. The van der Waals surface area contributed by atoms with Gasteiger partial charge < -0.3 is 9.74 Å². The zero-order valence-electron chi connectivity index (χ0n) is 11.1. The molecule has 1 heterocycles. The monoisotopic (exact) mass is 240 g/mol. The summed E-state index contributed by atoms with van der Waals surface area (Å²) in [5, 5.41) is 1.41. The fourth-order valence-corrected chi connectivity index (χ4v) is 1.34. The molecule has 0 saturated carbocycles. The molecule has 0 N–H and O–H groups in total. The zero-order chi connectivity index (χ0) is 13.2. The summed E-state index contributed by atoms with van der Waals surface area (Å²) in [6.45, 7) is 5.84. The lowest BCUT2D eigenvalue weighted by Gasteiger charge is -2.20. The van der Waals surface area contributed by atoms with Crippen molar-refractivity contribution in [1.29, 1.82) is 0 Å². The summed E-state index contributed by atoms with van der Waals surface area (Å²) >= 11 is 0. The molecule has 5 nitrogen and oxygen atoms in total. The van der Waals surface area contributed by atoms with Gasteiger partial charge in [-0.2, -0.15) is 0 Å². The summed E-state index contributed by atoms with van der Waals surface area (Å²) in [5.74, 6) is -0.322. The first-order valence-corrected chi connectivity index (χ1v) is 5.58. The van der Waals surface area contributed by atoms with Crippen LogP contribution >= 0.6 is 0 Å². The molecule has 0 amide bonds. The summed E-state index contributed by atoms with van der Waals surface area (Å²) in [6.07, 6.45) is 1.76. The number of hydrogen-bond acceptors (Lipinski definition) is 5. The highest BCUT2D eigenvalue weighted by Crippen LogP contribution is 2.19. The molecule has 0 aromatic heterocycles. The Bertz CT molecular complexity index is 353. The number of rotatable bonds is 2. The number of hydroxylamine groups is 2. The molecule has 0 atom stereocenters. The molecule has 1 rings (SSSR count). The maximum Gasteiger partial charge on any atom is 0.330 e. The van der Waals surface area contributed by atoms with Crippen molar-refractivity contribution in [3.05, 3.63) is 11.8 Å². The van der Waals surface area contributed by atoms with Gasteiger partial charge in [-0.15, -0.1) is 5.06 Å². The molecule has 1 aliphatic rings. The van der Waals surface area contributed by atoms with Crippen molar-refractivity contribution in [1.82, 2.24) is 9.96 Å². The molecule has 17 heavy (non-hydrogen) atoms. The quantitative estimate of drug-likeness (QED) is 0.669. The average molecular weight is 240 g/mol. The van der Waals surface area contributed by atoms with Crippen LogP contribution in [0.1, 0.15) is 20.8 Å². The molecule has 1 fully saturated rings. The van der Waals surface area contributed by atoms with Crippen LogP contribution in [-0.4, -0.2) is 48.9 Å². The van der Waals surface area contributed by atoms with Crippen LogP contribution < -0.4 is 0 Å². The van der Waals surface area contributed by atoms with Crippen LogP contribution in [0.15, 0.2) is 11.8 Å². The number of Topliss-reactive ketones (excluding diaryl/α,β-unsaturated/α-hetero) is 1. The van der Waals surface area contributed by atoms with E-state index in [1.807, 2.05) is 19.0 Å².